The van der Waals surface area contributed by atoms with E-state index >= 15 is 0 Å². The molecule has 9 heteroatoms. The van der Waals surface area contributed by atoms with Gasteiger partial charge in [-0.1, -0.05) is 0 Å². The van der Waals surface area contributed by atoms with Gasteiger partial charge in [-0.3, -0.25) is 0 Å². The van der Waals surface area contributed by atoms with Gasteiger partial charge in [-0.2, -0.15) is 9.97 Å². The number of hydrogen-bond donors (Lipinski definition) is 0. The fraction of sp³-hybridized carbons (Fsp3) is 0.273. The van der Waals surface area contributed by atoms with Gasteiger partial charge in [0.2, 0.25) is 11.8 Å². The summed E-state index contributed by atoms with van der Waals surface area (Å²) in [4.78, 5) is 14.3. The predicted molar refractivity (Wildman–Crippen MR) is 119 cm³/mol. The highest BCUT2D eigenvalue weighted by Crippen LogP contribution is 2.28. The Morgan fingerprint density at radius 1 is 0.871 bits per heavy atom. The molecular weight excluding hydrogens is 420 g/mol. The minimum absolute atomic E-state index is 0.231. The Balaban J connectivity index is 1.45. The quantitative estimate of drug-likeness (QED) is 0.522. The highest BCUT2D eigenvalue weighted by atomic mass is 32.2. The first kappa shape index (κ1) is 21.3. The van der Waals surface area contributed by atoms with Gasteiger partial charge in [-0.25, -0.2) is 13.1 Å². The minimum atomic E-state index is -0.318. The molecule has 1 saturated heterocycles. The number of nitrogens with zero attached hydrogens (tertiary/aromatic N) is 5. The molecule has 0 N–H and O–H groups in total. The van der Waals surface area contributed by atoms with E-state index in [0.717, 1.165) is 36.9 Å². The van der Waals surface area contributed by atoms with E-state index in [1.165, 1.54) is 24.3 Å². The van der Waals surface area contributed by atoms with Crippen molar-refractivity contribution in [2.75, 3.05) is 50.1 Å². The van der Waals surface area contributed by atoms with Gasteiger partial charge >= 0.3 is 0 Å². The van der Waals surface area contributed by atoms with Crippen LogP contribution in [0.15, 0.2) is 59.5 Å². The Labute approximate surface area is 184 Å². The molecule has 1 aromatic heterocycles. The zero-order valence-electron chi connectivity index (χ0n) is 17.3. The van der Waals surface area contributed by atoms with Crippen LogP contribution in [0.5, 0.6) is 11.6 Å². The summed E-state index contributed by atoms with van der Waals surface area (Å²) in [5, 5.41) is 0. The molecule has 0 unspecified atom stereocenters. The van der Waals surface area contributed by atoms with E-state index < -0.39 is 0 Å². The number of aromatic nitrogens is 2. The number of hydrogen-bond acceptors (Lipinski definition) is 7. The molecule has 4 rings (SSSR count). The monoisotopic (exact) mass is 443 g/mol. The van der Waals surface area contributed by atoms with Crippen molar-refractivity contribution in [2.24, 2.45) is 0 Å². The number of halogens is 2. The molecule has 0 atom stereocenters. The van der Waals surface area contributed by atoms with Gasteiger partial charge in [0.05, 0.1) is 0 Å². The molecule has 0 amide bonds. The molecule has 31 heavy (non-hydrogen) atoms. The maximum absolute atomic E-state index is 13.2. The lowest BCUT2D eigenvalue weighted by atomic mass is 10.3. The lowest BCUT2D eigenvalue weighted by Gasteiger charge is -2.34. The summed E-state index contributed by atoms with van der Waals surface area (Å²) in [6.45, 7) is 3.12. The molecule has 1 fully saturated rings. The normalized spacial score (nSPS) is 14.5. The summed E-state index contributed by atoms with van der Waals surface area (Å²) >= 11 is 1.62. The Bertz CT molecular complexity index is 1010. The van der Waals surface area contributed by atoms with Gasteiger partial charge in [0.1, 0.15) is 23.2 Å². The topological polar surface area (TPSA) is 44.7 Å². The lowest BCUT2D eigenvalue weighted by Crippen LogP contribution is -2.44. The maximum Gasteiger partial charge on any atom is 0.230 e. The van der Waals surface area contributed by atoms with Crippen LogP contribution >= 0.6 is 11.9 Å². The second kappa shape index (κ2) is 9.49. The van der Waals surface area contributed by atoms with Crippen molar-refractivity contribution in [2.45, 2.75) is 4.90 Å². The molecule has 0 aliphatic carbocycles. The van der Waals surface area contributed by atoms with Crippen molar-refractivity contribution in [3.8, 4) is 11.6 Å². The largest absolute Gasteiger partial charge is 0.439 e. The van der Waals surface area contributed by atoms with Crippen LogP contribution in [0.2, 0.25) is 0 Å². The van der Waals surface area contributed by atoms with Gasteiger partial charge in [0, 0.05) is 51.2 Å². The number of piperazine rings is 1. The van der Waals surface area contributed by atoms with E-state index in [-0.39, 0.29) is 11.6 Å². The van der Waals surface area contributed by atoms with Crippen molar-refractivity contribution in [1.29, 1.82) is 0 Å². The smallest absolute Gasteiger partial charge is 0.230 e. The number of benzene rings is 2. The molecular formula is C22H23F2N5OS. The van der Waals surface area contributed by atoms with Crippen molar-refractivity contribution in [3.05, 3.63) is 66.2 Å². The summed E-state index contributed by atoms with van der Waals surface area (Å²) in [6.07, 6.45) is 0. The zero-order chi connectivity index (χ0) is 21.8. The Morgan fingerprint density at radius 3 is 2.10 bits per heavy atom. The Morgan fingerprint density at radius 2 is 1.48 bits per heavy atom. The first-order valence-corrected chi connectivity index (χ1v) is 10.7. The summed E-state index contributed by atoms with van der Waals surface area (Å²) in [5.74, 6) is 1.69. The second-order valence-electron chi connectivity index (χ2n) is 7.28. The van der Waals surface area contributed by atoms with E-state index in [0.29, 0.717) is 17.6 Å². The van der Waals surface area contributed by atoms with Crippen LogP contribution in [0.3, 0.4) is 0 Å². The third-order valence-electron chi connectivity index (χ3n) is 4.74. The number of anilines is 2. The standard InChI is InChI=1S/C22H23F2N5OS/c1-27(2)20-15-21(30-18-7-3-16(23)4-8-18)26-22(25-20)28-11-13-29(14-12-28)31-19-9-5-17(24)6-10-19/h3-10,15H,11-14H2,1-2H3. The van der Waals surface area contributed by atoms with Gasteiger partial charge in [0.25, 0.3) is 0 Å². The van der Waals surface area contributed by atoms with Crippen LogP contribution in [0.1, 0.15) is 0 Å². The van der Waals surface area contributed by atoms with Gasteiger partial charge in [0.15, 0.2) is 0 Å². The molecule has 0 spiro atoms. The third kappa shape index (κ3) is 5.62. The predicted octanol–water partition coefficient (Wildman–Crippen LogP) is 4.44. The van der Waals surface area contributed by atoms with Crippen molar-refractivity contribution >= 4 is 23.7 Å². The van der Waals surface area contributed by atoms with Gasteiger partial charge in [-0.05, 0) is 60.5 Å². The highest BCUT2D eigenvalue weighted by molar-refractivity contribution is 7.97. The first-order valence-electron chi connectivity index (χ1n) is 9.89. The summed E-state index contributed by atoms with van der Waals surface area (Å²) < 4.78 is 34.4. The fourth-order valence-corrected chi connectivity index (χ4v) is 3.97. The minimum Gasteiger partial charge on any atom is -0.439 e. The highest BCUT2D eigenvalue weighted by Gasteiger charge is 2.21. The Kier molecular flexibility index (Phi) is 6.53. The van der Waals surface area contributed by atoms with Crippen LogP contribution in [0, 0.1) is 11.6 Å². The summed E-state index contributed by atoms with van der Waals surface area (Å²) in [5.41, 5.74) is 0. The second-order valence-corrected chi connectivity index (χ2v) is 8.45. The molecule has 162 valence electrons. The maximum atomic E-state index is 13.2. The Hall–Kier alpha value is -2.91. The summed E-state index contributed by atoms with van der Waals surface area (Å²) in [6, 6.07) is 14.1. The van der Waals surface area contributed by atoms with E-state index in [9.17, 15) is 8.78 Å². The van der Waals surface area contributed by atoms with Crippen LogP contribution in [0.4, 0.5) is 20.5 Å². The van der Waals surface area contributed by atoms with Crippen molar-refractivity contribution < 1.29 is 13.5 Å². The number of rotatable bonds is 6. The van der Waals surface area contributed by atoms with Crippen molar-refractivity contribution in [3.63, 3.8) is 0 Å². The van der Waals surface area contributed by atoms with E-state index in [2.05, 4.69) is 19.2 Å². The van der Waals surface area contributed by atoms with Crippen molar-refractivity contribution in [1.82, 2.24) is 14.3 Å². The molecule has 0 bridgehead atoms. The van der Waals surface area contributed by atoms with Crippen LogP contribution < -0.4 is 14.5 Å². The van der Waals surface area contributed by atoms with E-state index in [4.69, 9.17) is 4.74 Å². The molecule has 3 aromatic rings. The first-order chi connectivity index (χ1) is 15.0. The zero-order valence-corrected chi connectivity index (χ0v) is 18.1. The average molecular weight is 444 g/mol. The molecule has 2 heterocycles. The van der Waals surface area contributed by atoms with E-state index in [1.807, 2.05) is 19.0 Å². The molecule has 0 saturated carbocycles. The lowest BCUT2D eigenvalue weighted by molar-refractivity contribution is 0.422. The fourth-order valence-electron chi connectivity index (χ4n) is 3.07. The van der Waals surface area contributed by atoms with E-state index in [1.54, 1.807) is 42.3 Å². The van der Waals surface area contributed by atoms with Crippen LogP contribution in [0.25, 0.3) is 0 Å². The molecule has 1 aliphatic heterocycles. The molecule has 6 nitrogen and oxygen atoms in total. The average Bonchev–Trinajstić information content (AvgIpc) is 2.77. The van der Waals surface area contributed by atoms with Gasteiger partial charge < -0.3 is 14.5 Å². The SMILES string of the molecule is CN(C)c1cc(Oc2ccc(F)cc2)nc(N2CCN(Sc3ccc(F)cc3)CC2)n1. The molecule has 2 aromatic carbocycles. The number of ether oxygens (including phenoxy) is 1. The van der Waals surface area contributed by atoms with Crippen LogP contribution in [-0.4, -0.2) is 54.5 Å². The third-order valence-corrected chi connectivity index (χ3v) is 5.85. The van der Waals surface area contributed by atoms with Crippen LogP contribution in [-0.2, 0) is 0 Å². The summed E-state index contributed by atoms with van der Waals surface area (Å²) in [7, 11) is 3.82. The van der Waals surface area contributed by atoms with Gasteiger partial charge in [-0.15, -0.1) is 0 Å². The molecule has 1 aliphatic rings. The molecule has 0 radical (unpaired) electrons.